The van der Waals surface area contributed by atoms with E-state index in [1.165, 1.54) is 0 Å². The number of pyridine rings is 1. The van der Waals surface area contributed by atoms with Crippen LogP contribution in [0.5, 0.6) is 11.5 Å². The van der Waals surface area contributed by atoms with Crippen LogP contribution in [0.2, 0.25) is 0 Å². The lowest BCUT2D eigenvalue weighted by molar-refractivity contribution is -0.116. The number of nitrogens with one attached hydrogen (secondary N) is 2. The lowest BCUT2D eigenvalue weighted by atomic mass is 10.2. The van der Waals surface area contributed by atoms with Gasteiger partial charge in [0.25, 0.3) is 0 Å². The summed E-state index contributed by atoms with van der Waals surface area (Å²) < 4.78 is 17.9. The molecule has 2 aromatic heterocycles. The number of aromatic nitrogens is 2. The van der Waals surface area contributed by atoms with Crippen LogP contribution in [0.3, 0.4) is 0 Å². The fourth-order valence-electron chi connectivity index (χ4n) is 2.76. The third kappa shape index (κ3) is 5.63. The second-order valence-corrected chi connectivity index (χ2v) is 6.30. The highest BCUT2D eigenvalue weighted by Crippen LogP contribution is 2.31. The number of benzene rings is 1. The Labute approximate surface area is 174 Å². The van der Waals surface area contributed by atoms with Gasteiger partial charge in [-0.3, -0.25) is 4.79 Å². The number of ether oxygens (including phenoxy) is 3. The highest BCUT2D eigenvalue weighted by atomic mass is 16.5. The van der Waals surface area contributed by atoms with Crippen molar-refractivity contribution in [2.45, 2.75) is 20.0 Å². The zero-order valence-electron chi connectivity index (χ0n) is 16.9. The number of fused-ring (bicyclic) bond motifs is 1. The lowest BCUT2D eigenvalue weighted by Gasteiger charge is -2.12. The van der Waals surface area contributed by atoms with Crippen molar-refractivity contribution in [2.24, 2.45) is 0 Å². The second kappa shape index (κ2) is 10.1. The fourth-order valence-corrected chi connectivity index (χ4v) is 2.76. The van der Waals surface area contributed by atoms with Crippen LogP contribution in [0.1, 0.15) is 19.0 Å². The van der Waals surface area contributed by atoms with Crippen LogP contribution in [0.25, 0.3) is 5.65 Å². The molecule has 0 spiro atoms. The van der Waals surface area contributed by atoms with E-state index in [9.17, 15) is 9.59 Å². The van der Waals surface area contributed by atoms with Crippen molar-refractivity contribution in [1.82, 2.24) is 14.7 Å². The van der Waals surface area contributed by atoms with Crippen molar-refractivity contribution in [2.75, 3.05) is 25.6 Å². The largest absolute Gasteiger partial charge is 0.493 e. The van der Waals surface area contributed by atoms with Gasteiger partial charge < -0.3 is 29.2 Å². The summed E-state index contributed by atoms with van der Waals surface area (Å²) in [4.78, 5) is 27.8. The van der Waals surface area contributed by atoms with Crippen LogP contribution in [-0.4, -0.2) is 41.6 Å². The molecule has 0 aliphatic rings. The summed E-state index contributed by atoms with van der Waals surface area (Å²) in [7, 11) is 1.55. The Morgan fingerprint density at radius 1 is 1.17 bits per heavy atom. The van der Waals surface area contributed by atoms with Crippen molar-refractivity contribution in [1.29, 1.82) is 0 Å². The highest BCUT2D eigenvalue weighted by Gasteiger charge is 2.10. The third-order valence-electron chi connectivity index (χ3n) is 4.13. The molecule has 158 valence electrons. The minimum Gasteiger partial charge on any atom is -0.493 e. The molecule has 3 aromatic rings. The van der Waals surface area contributed by atoms with Crippen LogP contribution in [0.4, 0.5) is 10.5 Å². The molecule has 3 rings (SSSR count). The number of amides is 2. The number of nitrogens with zero attached hydrogens (tertiary/aromatic N) is 2. The Morgan fingerprint density at radius 3 is 2.80 bits per heavy atom. The van der Waals surface area contributed by atoms with Gasteiger partial charge in [-0.1, -0.05) is 6.07 Å². The average molecular weight is 412 g/mol. The summed E-state index contributed by atoms with van der Waals surface area (Å²) in [6, 6.07) is 10.9. The maximum atomic E-state index is 12.1. The van der Waals surface area contributed by atoms with E-state index in [0.717, 1.165) is 11.3 Å². The summed E-state index contributed by atoms with van der Waals surface area (Å²) in [5, 5.41) is 5.28. The predicted molar refractivity (Wildman–Crippen MR) is 111 cm³/mol. The molecule has 2 amide bonds. The maximum Gasteiger partial charge on any atom is 0.407 e. The molecular weight excluding hydrogens is 388 g/mol. The molecule has 2 heterocycles. The van der Waals surface area contributed by atoms with E-state index in [-0.39, 0.29) is 32.1 Å². The Morgan fingerprint density at radius 2 is 2.03 bits per heavy atom. The monoisotopic (exact) mass is 412 g/mol. The smallest absolute Gasteiger partial charge is 0.407 e. The maximum absolute atomic E-state index is 12.1. The van der Waals surface area contributed by atoms with Gasteiger partial charge in [-0.05, 0) is 31.2 Å². The standard InChI is InChI=1S/C21H24N4O5/c1-3-29-21(27)22-10-9-20(26)24-15-7-8-17(28-2)18(12-15)30-14-16-13-25-11-5-4-6-19(25)23-16/h4-8,11-13H,3,9-10,14H2,1-2H3,(H,22,27)(H,24,26). The number of alkyl carbamates (subject to hydrolysis) is 1. The first-order valence-electron chi connectivity index (χ1n) is 9.53. The summed E-state index contributed by atoms with van der Waals surface area (Å²) in [6.45, 7) is 2.42. The third-order valence-corrected chi connectivity index (χ3v) is 4.13. The quantitative estimate of drug-likeness (QED) is 0.560. The molecule has 0 aliphatic carbocycles. The van der Waals surface area contributed by atoms with Crippen molar-refractivity contribution < 1.29 is 23.8 Å². The van der Waals surface area contributed by atoms with Crippen LogP contribution < -0.4 is 20.1 Å². The van der Waals surface area contributed by atoms with Gasteiger partial charge in [-0.2, -0.15) is 0 Å². The fraction of sp³-hybridized carbons (Fsp3) is 0.286. The van der Waals surface area contributed by atoms with E-state index in [0.29, 0.717) is 17.2 Å². The molecule has 0 bridgehead atoms. The highest BCUT2D eigenvalue weighted by molar-refractivity contribution is 5.91. The molecule has 0 atom stereocenters. The number of hydrogen-bond donors (Lipinski definition) is 2. The summed E-state index contributed by atoms with van der Waals surface area (Å²) in [6.07, 6.45) is 3.38. The summed E-state index contributed by atoms with van der Waals surface area (Å²) >= 11 is 0. The van der Waals surface area contributed by atoms with Crippen molar-refractivity contribution in [3.63, 3.8) is 0 Å². The van der Waals surface area contributed by atoms with Gasteiger partial charge in [-0.15, -0.1) is 0 Å². The molecule has 30 heavy (non-hydrogen) atoms. The van der Waals surface area contributed by atoms with E-state index in [2.05, 4.69) is 15.6 Å². The second-order valence-electron chi connectivity index (χ2n) is 6.30. The van der Waals surface area contributed by atoms with Gasteiger partial charge in [0.1, 0.15) is 12.3 Å². The molecule has 9 heteroatoms. The number of rotatable bonds is 9. The SMILES string of the molecule is CCOC(=O)NCCC(=O)Nc1ccc(OC)c(OCc2cn3ccccc3n2)c1. The van der Waals surface area contributed by atoms with Crippen LogP contribution >= 0.6 is 0 Å². The number of carbonyl (C=O) groups excluding carboxylic acids is 2. The summed E-state index contributed by atoms with van der Waals surface area (Å²) in [5.41, 5.74) is 2.16. The minimum atomic E-state index is -0.544. The average Bonchev–Trinajstić information content (AvgIpc) is 3.15. The number of imidazole rings is 1. The first kappa shape index (κ1) is 21.0. The van der Waals surface area contributed by atoms with Crippen LogP contribution in [-0.2, 0) is 16.1 Å². The Balaban J connectivity index is 1.58. The lowest BCUT2D eigenvalue weighted by Crippen LogP contribution is -2.28. The van der Waals surface area contributed by atoms with Gasteiger partial charge in [0.15, 0.2) is 11.5 Å². The zero-order chi connectivity index (χ0) is 21.3. The van der Waals surface area contributed by atoms with E-state index < -0.39 is 6.09 Å². The molecule has 0 unspecified atom stereocenters. The van der Waals surface area contributed by atoms with Crippen molar-refractivity contribution in [3.8, 4) is 11.5 Å². The first-order chi connectivity index (χ1) is 14.6. The van der Waals surface area contributed by atoms with E-state index in [1.807, 2.05) is 35.0 Å². The first-order valence-corrected chi connectivity index (χ1v) is 9.53. The van der Waals surface area contributed by atoms with Crippen molar-refractivity contribution in [3.05, 3.63) is 54.5 Å². The zero-order valence-corrected chi connectivity index (χ0v) is 16.9. The summed E-state index contributed by atoms with van der Waals surface area (Å²) in [5.74, 6) is 0.779. The van der Waals surface area contributed by atoms with Gasteiger partial charge in [0.2, 0.25) is 5.91 Å². The van der Waals surface area contributed by atoms with Gasteiger partial charge in [0.05, 0.1) is 19.4 Å². The van der Waals surface area contributed by atoms with Crippen LogP contribution in [0.15, 0.2) is 48.8 Å². The topological polar surface area (TPSA) is 103 Å². The van der Waals surface area contributed by atoms with E-state index in [4.69, 9.17) is 14.2 Å². The molecule has 0 radical (unpaired) electrons. The molecule has 2 N–H and O–H groups in total. The van der Waals surface area contributed by atoms with Crippen molar-refractivity contribution >= 4 is 23.3 Å². The van der Waals surface area contributed by atoms with Gasteiger partial charge in [-0.25, -0.2) is 9.78 Å². The Kier molecular flexibility index (Phi) is 7.09. The van der Waals surface area contributed by atoms with E-state index >= 15 is 0 Å². The number of methoxy groups -OCH3 is 1. The number of hydrogen-bond acceptors (Lipinski definition) is 6. The van der Waals surface area contributed by atoms with Gasteiger partial charge in [0, 0.05) is 37.1 Å². The molecule has 0 saturated heterocycles. The number of anilines is 1. The van der Waals surface area contributed by atoms with E-state index in [1.54, 1.807) is 32.2 Å². The predicted octanol–water partition coefficient (Wildman–Crippen LogP) is 3.00. The minimum absolute atomic E-state index is 0.113. The molecule has 1 aromatic carbocycles. The van der Waals surface area contributed by atoms with Gasteiger partial charge >= 0.3 is 6.09 Å². The Bertz CT molecular complexity index is 985. The molecule has 0 saturated carbocycles. The molecule has 0 aliphatic heterocycles. The molecular formula is C21H24N4O5. The van der Waals surface area contributed by atoms with Crippen LogP contribution in [0, 0.1) is 0 Å². The normalized spacial score (nSPS) is 10.5. The Hall–Kier alpha value is -3.75. The molecule has 9 nitrogen and oxygen atoms in total. The molecule has 0 fully saturated rings. The number of carbonyl (C=O) groups is 2.